The van der Waals surface area contributed by atoms with Crippen LogP contribution in [0.3, 0.4) is 0 Å². The lowest BCUT2D eigenvalue weighted by molar-refractivity contribution is -0.129. The molecule has 8 heteroatoms. The lowest BCUT2D eigenvalue weighted by Gasteiger charge is -2.29. The molecule has 1 unspecified atom stereocenters. The van der Waals surface area contributed by atoms with Gasteiger partial charge in [-0.1, -0.05) is 18.2 Å². The van der Waals surface area contributed by atoms with Crippen molar-refractivity contribution in [1.82, 2.24) is 19.7 Å². The Kier molecular flexibility index (Phi) is 5.99. The van der Waals surface area contributed by atoms with E-state index in [1.54, 1.807) is 13.8 Å². The molecule has 3 aliphatic rings. The molecule has 8 nitrogen and oxygen atoms in total. The Morgan fingerprint density at radius 2 is 1.92 bits per heavy atom. The predicted molar refractivity (Wildman–Crippen MR) is 138 cm³/mol. The van der Waals surface area contributed by atoms with Crippen LogP contribution in [-0.2, 0) is 27.3 Å². The molecule has 3 aliphatic heterocycles. The van der Waals surface area contributed by atoms with Gasteiger partial charge in [0.25, 0.3) is 0 Å². The molecule has 0 aliphatic carbocycles. The molecular weight excluding hydrogens is 454 g/mol. The number of benzene rings is 1. The molecule has 0 N–H and O–H groups in total. The average molecular weight is 488 g/mol. The third-order valence-corrected chi connectivity index (χ3v) is 8.16. The second kappa shape index (κ2) is 9.32. The molecule has 0 radical (unpaired) electrons. The molecule has 1 atom stereocenters. The fraction of sp³-hybridized carbons (Fsp3) is 0.500. The van der Waals surface area contributed by atoms with Gasteiger partial charge in [-0.2, -0.15) is 5.10 Å². The highest BCUT2D eigenvalue weighted by Gasteiger charge is 2.31. The van der Waals surface area contributed by atoms with Crippen molar-refractivity contribution < 1.29 is 14.3 Å². The second-order valence-electron chi connectivity index (χ2n) is 10.4. The van der Waals surface area contributed by atoms with Crippen molar-refractivity contribution in [3.8, 4) is 11.3 Å². The van der Waals surface area contributed by atoms with E-state index in [1.807, 2.05) is 11.1 Å². The van der Waals surface area contributed by atoms with Gasteiger partial charge in [-0.15, -0.1) is 0 Å². The second-order valence-corrected chi connectivity index (χ2v) is 10.4. The summed E-state index contributed by atoms with van der Waals surface area (Å²) in [6, 6.07) is 8.77. The minimum atomic E-state index is 0.0960. The van der Waals surface area contributed by atoms with E-state index in [0.717, 1.165) is 91.9 Å². The van der Waals surface area contributed by atoms with Crippen molar-refractivity contribution in [2.75, 3.05) is 37.7 Å². The van der Waals surface area contributed by atoms with Gasteiger partial charge in [-0.3, -0.25) is 14.3 Å². The van der Waals surface area contributed by atoms with Crippen LogP contribution in [0.4, 0.5) is 5.82 Å². The quantitative estimate of drug-likeness (QED) is 0.557. The van der Waals surface area contributed by atoms with Crippen LogP contribution in [0.5, 0.6) is 0 Å². The maximum Gasteiger partial charge on any atom is 0.219 e. The number of anilines is 1. The minimum absolute atomic E-state index is 0.0960. The average Bonchev–Trinajstić information content (AvgIpc) is 3.54. The smallest absolute Gasteiger partial charge is 0.219 e. The number of ether oxygens (including phenoxy) is 1. The molecule has 2 fully saturated rings. The van der Waals surface area contributed by atoms with Crippen molar-refractivity contribution in [2.45, 2.75) is 52.1 Å². The van der Waals surface area contributed by atoms with Gasteiger partial charge >= 0.3 is 0 Å². The summed E-state index contributed by atoms with van der Waals surface area (Å²) in [7, 11) is 0. The van der Waals surface area contributed by atoms with Crippen molar-refractivity contribution >= 4 is 28.3 Å². The zero-order valence-corrected chi connectivity index (χ0v) is 21.1. The first-order chi connectivity index (χ1) is 17.5. The molecule has 36 heavy (non-hydrogen) atoms. The number of fused-ring (bicyclic) bond motifs is 2. The van der Waals surface area contributed by atoms with Crippen LogP contribution < -0.4 is 4.90 Å². The number of hydrogen-bond acceptors (Lipinski definition) is 6. The van der Waals surface area contributed by atoms with E-state index in [2.05, 4.69) is 33.8 Å². The lowest BCUT2D eigenvalue weighted by Crippen LogP contribution is -2.35. The van der Waals surface area contributed by atoms with E-state index >= 15 is 0 Å². The Bertz CT molecular complexity index is 1330. The number of rotatable bonds is 4. The number of amides is 1. The maximum atomic E-state index is 12.3. The molecule has 1 amide bonds. The maximum absolute atomic E-state index is 12.3. The molecule has 0 spiro atoms. The molecular formula is C28H33N5O3. The van der Waals surface area contributed by atoms with E-state index in [9.17, 15) is 9.59 Å². The molecule has 1 aromatic carbocycles. The summed E-state index contributed by atoms with van der Waals surface area (Å²) in [5.41, 5.74) is 4.43. The monoisotopic (exact) mass is 487 g/mol. The van der Waals surface area contributed by atoms with Crippen molar-refractivity contribution in [1.29, 1.82) is 0 Å². The van der Waals surface area contributed by atoms with Gasteiger partial charge in [-0.05, 0) is 37.6 Å². The lowest BCUT2D eigenvalue weighted by atomic mass is 9.97. The van der Waals surface area contributed by atoms with Crippen LogP contribution in [-0.4, -0.2) is 64.2 Å². The molecule has 5 heterocycles. The minimum Gasteiger partial charge on any atom is -0.381 e. The molecule has 188 valence electrons. The Morgan fingerprint density at radius 1 is 1.08 bits per heavy atom. The number of Topliss-reactive ketones (excluding diaryl/α,β-unsaturated/α-hetero) is 1. The number of ketones is 1. The molecule has 2 saturated heterocycles. The van der Waals surface area contributed by atoms with Gasteiger partial charge in [0.1, 0.15) is 11.6 Å². The number of pyridine rings is 1. The molecule has 0 saturated carbocycles. The van der Waals surface area contributed by atoms with E-state index < -0.39 is 0 Å². The summed E-state index contributed by atoms with van der Waals surface area (Å²) in [6.45, 7) is 7.75. The highest BCUT2D eigenvalue weighted by atomic mass is 16.5. The summed E-state index contributed by atoms with van der Waals surface area (Å²) >= 11 is 0. The molecule has 2 aromatic heterocycles. The summed E-state index contributed by atoms with van der Waals surface area (Å²) in [6.07, 6.45) is 5.58. The van der Waals surface area contributed by atoms with E-state index in [-0.39, 0.29) is 17.6 Å². The third kappa shape index (κ3) is 4.07. The largest absolute Gasteiger partial charge is 0.381 e. The highest BCUT2D eigenvalue weighted by molar-refractivity contribution is 5.97. The van der Waals surface area contributed by atoms with E-state index in [4.69, 9.17) is 14.8 Å². The van der Waals surface area contributed by atoms with Crippen LogP contribution >= 0.6 is 0 Å². The number of nitrogens with zero attached hydrogens (tertiary/aromatic N) is 5. The third-order valence-electron chi connectivity index (χ3n) is 8.16. The van der Waals surface area contributed by atoms with Crippen LogP contribution in [0.25, 0.3) is 22.0 Å². The fourth-order valence-corrected chi connectivity index (χ4v) is 6.00. The first-order valence-electron chi connectivity index (χ1n) is 13.1. The van der Waals surface area contributed by atoms with Gasteiger partial charge in [0, 0.05) is 87.1 Å². The van der Waals surface area contributed by atoms with Crippen LogP contribution in [0.2, 0.25) is 0 Å². The Balaban J connectivity index is 1.41. The zero-order valence-electron chi connectivity index (χ0n) is 21.1. The molecule has 0 bridgehead atoms. The number of carbonyl (C=O) groups is 2. The summed E-state index contributed by atoms with van der Waals surface area (Å²) in [4.78, 5) is 33.1. The number of aromatic nitrogens is 3. The van der Waals surface area contributed by atoms with Crippen molar-refractivity contribution in [2.24, 2.45) is 5.92 Å². The van der Waals surface area contributed by atoms with Crippen LogP contribution in [0.1, 0.15) is 50.4 Å². The normalized spacial score (nSPS) is 20.7. The Hall–Kier alpha value is -3.26. The Labute approximate surface area is 211 Å². The van der Waals surface area contributed by atoms with Gasteiger partial charge in [-0.25, -0.2) is 4.98 Å². The predicted octanol–water partition coefficient (Wildman–Crippen LogP) is 3.77. The summed E-state index contributed by atoms with van der Waals surface area (Å²) in [5, 5.41) is 7.37. The van der Waals surface area contributed by atoms with Gasteiger partial charge < -0.3 is 14.5 Å². The molecule has 6 rings (SSSR count). The van der Waals surface area contributed by atoms with Crippen LogP contribution in [0, 0.1) is 5.92 Å². The first-order valence-corrected chi connectivity index (χ1v) is 13.1. The Morgan fingerprint density at radius 3 is 2.67 bits per heavy atom. The van der Waals surface area contributed by atoms with Gasteiger partial charge in [0.2, 0.25) is 5.91 Å². The summed E-state index contributed by atoms with van der Waals surface area (Å²) in [5.74, 6) is 1.37. The van der Waals surface area contributed by atoms with E-state index in [1.165, 1.54) is 5.69 Å². The SMILES string of the molecule is CC(=O)C1CCN(c2cc3cccc(-c4nn(C5CCOCC5)c5c4CN(C(C)=O)CC5)c3cn2)C1. The number of carbonyl (C=O) groups excluding carboxylic acids is 2. The highest BCUT2D eigenvalue weighted by Crippen LogP contribution is 2.37. The topological polar surface area (TPSA) is 80.6 Å². The van der Waals surface area contributed by atoms with E-state index in [0.29, 0.717) is 12.6 Å². The van der Waals surface area contributed by atoms with Gasteiger partial charge in [0.05, 0.1) is 11.7 Å². The summed E-state index contributed by atoms with van der Waals surface area (Å²) < 4.78 is 7.84. The van der Waals surface area contributed by atoms with Gasteiger partial charge in [0.15, 0.2) is 0 Å². The first kappa shape index (κ1) is 23.2. The van der Waals surface area contributed by atoms with Crippen molar-refractivity contribution in [3.05, 3.63) is 41.7 Å². The standard InChI is InChI=1S/C28H33N5O3/c1-18(34)21-6-10-32(16-21)27-14-20-4-3-5-23(24(20)15-29-27)28-25-17-31(19(2)35)11-7-26(25)33(30-28)22-8-12-36-13-9-22/h3-5,14-15,21-22H,6-13,16-17H2,1-2H3. The number of hydrogen-bond donors (Lipinski definition) is 0. The fourth-order valence-electron chi connectivity index (χ4n) is 6.00. The zero-order chi connectivity index (χ0) is 24.8. The van der Waals surface area contributed by atoms with Crippen LogP contribution in [0.15, 0.2) is 30.5 Å². The molecule has 3 aromatic rings. The van der Waals surface area contributed by atoms with Crippen molar-refractivity contribution in [3.63, 3.8) is 0 Å².